The molecule has 2 rings (SSSR count). The Morgan fingerprint density at radius 3 is 3.00 bits per heavy atom. The summed E-state index contributed by atoms with van der Waals surface area (Å²) in [5, 5.41) is 7.20. The van der Waals surface area contributed by atoms with Crippen LogP contribution in [0.2, 0.25) is 5.02 Å². The van der Waals surface area contributed by atoms with Gasteiger partial charge in [0.05, 0.1) is 5.69 Å². The molecule has 0 spiro atoms. The second-order valence-corrected chi connectivity index (χ2v) is 6.09. The first-order chi connectivity index (χ1) is 8.70. The molecule has 1 aromatic heterocycles. The topological polar surface area (TPSA) is 24.9 Å². The maximum atomic E-state index is 5.94. The van der Waals surface area contributed by atoms with Gasteiger partial charge in [-0.25, -0.2) is 4.98 Å². The van der Waals surface area contributed by atoms with E-state index in [1.165, 1.54) is 0 Å². The highest BCUT2D eigenvalue weighted by Gasteiger charge is 2.08. The minimum atomic E-state index is 0.729. The lowest BCUT2D eigenvalue weighted by molar-refractivity contribution is 0.667. The first-order valence-corrected chi connectivity index (χ1v) is 7.86. The Labute approximate surface area is 125 Å². The van der Waals surface area contributed by atoms with E-state index in [2.05, 4.69) is 38.5 Å². The van der Waals surface area contributed by atoms with Gasteiger partial charge in [0.15, 0.2) is 0 Å². The van der Waals surface area contributed by atoms with E-state index in [0.29, 0.717) is 0 Å². The first kappa shape index (κ1) is 14.0. The Morgan fingerprint density at radius 2 is 2.28 bits per heavy atom. The van der Waals surface area contributed by atoms with Gasteiger partial charge in [-0.05, 0) is 31.2 Å². The molecule has 0 aliphatic carbocycles. The zero-order chi connectivity index (χ0) is 13.0. The predicted octanol–water partition coefficient (Wildman–Crippen LogP) is 4.73. The summed E-state index contributed by atoms with van der Waals surface area (Å²) in [6.07, 6.45) is 1.14. The van der Waals surface area contributed by atoms with Crippen molar-refractivity contribution in [2.75, 3.05) is 6.54 Å². The molecule has 0 aliphatic rings. The number of nitrogens with one attached hydrogen (secondary N) is 1. The summed E-state index contributed by atoms with van der Waals surface area (Å²) in [7, 11) is 0. The van der Waals surface area contributed by atoms with E-state index in [4.69, 9.17) is 11.6 Å². The molecule has 0 amide bonds. The Hall–Kier alpha value is -0.420. The van der Waals surface area contributed by atoms with Gasteiger partial charge in [-0.1, -0.05) is 34.5 Å². The van der Waals surface area contributed by atoms with Crippen molar-refractivity contribution in [3.05, 3.63) is 38.8 Å². The average Bonchev–Trinajstić information content (AvgIpc) is 2.78. The zero-order valence-electron chi connectivity index (χ0n) is 10.0. The number of hydrogen-bond donors (Lipinski definition) is 1. The van der Waals surface area contributed by atoms with Crippen LogP contribution in [0.3, 0.4) is 0 Å². The summed E-state index contributed by atoms with van der Waals surface area (Å²) in [6, 6.07) is 5.78. The second-order valence-electron chi connectivity index (χ2n) is 3.94. The van der Waals surface area contributed by atoms with Gasteiger partial charge in [-0.2, -0.15) is 0 Å². The van der Waals surface area contributed by atoms with Crippen LogP contribution in [0, 0.1) is 0 Å². The molecule has 18 heavy (non-hydrogen) atoms. The Bertz CT molecular complexity index is 527. The van der Waals surface area contributed by atoms with Crippen molar-refractivity contribution in [3.8, 4) is 10.6 Å². The van der Waals surface area contributed by atoms with Crippen LogP contribution in [0.4, 0.5) is 0 Å². The van der Waals surface area contributed by atoms with Crippen LogP contribution in [0.1, 0.15) is 19.0 Å². The number of halogens is 2. The van der Waals surface area contributed by atoms with E-state index in [0.717, 1.165) is 45.3 Å². The molecule has 0 bridgehead atoms. The van der Waals surface area contributed by atoms with Gasteiger partial charge in [0.1, 0.15) is 5.01 Å². The van der Waals surface area contributed by atoms with Crippen molar-refractivity contribution < 1.29 is 0 Å². The van der Waals surface area contributed by atoms with Crippen molar-refractivity contribution >= 4 is 38.9 Å². The summed E-state index contributed by atoms with van der Waals surface area (Å²) in [4.78, 5) is 4.63. The van der Waals surface area contributed by atoms with E-state index in [1.807, 2.05) is 18.2 Å². The average molecular weight is 346 g/mol. The molecule has 0 unspecified atom stereocenters. The fraction of sp³-hybridized carbons (Fsp3) is 0.308. The third kappa shape index (κ3) is 3.54. The number of benzene rings is 1. The van der Waals surface area contributed by atoms with Gasteiger partial charge in [-0.3, -0.25) is 0 Å². The van der Waals surface area contributed by atoms with Crippen LogP contribution in [0.5, 0.6) is 0 Å². The van der Waals surface area contributed by atoms with Crippen LogP contribution in [0.15, 0.2) is 28.1 Å². The Kier molecular flexibility index (Phi) is 5.18. The molecule has 0 aliphatic heterocycles. The Balaban J connectivity index is 2.13. The fourth-order valence-electron chi connectivity index (χ4n) is 1.57. The smallest absolute Gasteiger partial charge is 0.124 e. The van der Waals surface area contributed by atoms with Crippen LogP contribution >= 0.6 is 38.9 Å². The molecule has 1 aromatic carbocycles. The van der Waals surface area contributed by atoms with Crippen molar-refractivity contribution in [1.82, 2.24) is 10.3 Å². The molecule has 0 fully saturated rings. The standard InChI is InChI=1S/C13H14BrClN2S/c1-2-5-16-7-10-8-18-13(17-10)11-4-3-9(15)6-12(11)14/h3-4,6,8,16H,2,5,7H2,1H3. The molecule has 1 heterocycles. The predicted molar refractivity (Wildman–Crippen MR) is 82.3 cm³/mol. The maximum Gasteiger partial charge on any atom is 0.124 e. The van der Waals surface area contributed by atoms with Crippen LogP contribution < -0.4 is 5.32 Å². The third-order valence-electron chi connectivity index (χ3n) is 2.45. The lowest BCUT2D eigenvalue weighted by Crippen LogP contribution is -2.13. The highest BCUT2D eigenvalue weighted by atomic mass is 79.9. The third-order valence-corrected chi connectivity index (χ3v) is 4.26. The highest BCUT2D eigenvalue weighted by molar-refractivity contribution is 9.10. The molecule has 0 saturated carbocycles. The number of aromatic nitrogens is 1. The van der Waals surface area contributed by atoms with Crippen LogP contribution in [-0.4, -0.2) is 11.5 Å². The van der Waals surface area contributed by atoms with E-state index >= 15 is 0 Å². The normalized spacial score (nSPS) is 10.8. The number of hydrogen-bond acceptors (Lipinski definition) is 3. The molecule has 96 valence electrons. The molecule has 2 nitrogen and oxygen atoms in total. The summed E-state index contributed by atoms with van der Waals surface area (Å²) >= 11 is 11.1. The molecular formula is C13H14BrClN2S. The summed E-state index contributed by atoms with van der Waals surface area (Å²) in [6.45, 7) is 4.01. The molecule has 5 heteroatoms. The van der Waals surface area contributed by atoms with Gasteiger partial charge >= 0.3 is 0 Å². The lowest BCUT2D eigenvalue weighted by atomic mass is 10.2. The maximum absolute atomic E-state index is 5.94. The van der Waals surface area contributed by atoms with E-state index in [9.17, 15) is 0 Å². The minimum Gasteiger partial charge on any atom is -0.311 e. The molecular weight excluding hydrogens is 332 g/mol. The van der Waals surface area contributed by atoms with Crippen LogP contribution in [0.25, 0.3) is 10.6 Å². The van der Waals surface area contributed by atoms with Gasteiger partial charge in [0, 0.05) is 27.0 Å². The van der Waals surface area contributed by atoms with Gasteiger partial charge in [-0.15, -0.1) is 11.3 Å². The molecule has 1 N–H and O–H groups in total. The molecule has 2 aromatic rings. The van der Waals surface area contributed by atoms with Gasteiger partial charge < -0.3 is 5.32 Å². The fourth-order valence-corrected chi connectivity index (χ4v) is 3.43. The summed E-state index contributed by atoms with van der Waals surface area (Å²) in [5.41, 5.74) is 2.18. The largest absolute Gasteiger partial charge is 0.311 e. The van der Waals surface area contributed by atoms with Crippen molar-refractivity contribution in [1.29, 1.82) is 0 Å². The number of nitrogens with zero attached hydrogens (tertiary/aromatic N) is 1. The van der Waals surface area contributed by atoms with Crippen molar-refractivity contribution in [3.63, 3.8) is 0 Å². The molecule has 0 saturated heterocycles. The van der Waals surface area contributed by atoms with Gasteiger partial charge in [0.2, 0.25) is 0 Å². The van der Waals surface area contributed by atoms with E-state index < -0.39 is 0 Å². The second kappa shape index (κ2) is 6.66. The lowest BCUT2D eigenvalue weighted by Gasteiger charge is -2.01. The quantitative estimate of drug-likeness (QED) is 0.793. The number of thiazole rings is 1. The van der Waals surface area contributed by atoms with Crippen molar-refractivity contribution in [2.45, 2.75) is 19.9 Å². The minimum absolute atomic E-state index is 0.729. The van der Waals surface area contributed by atoms with E-state index in [-0.39, 0.29) is 0 Å². The van der Waals surface area contributed by atoms with Crippen molar-refractivity contribution in [2.24, 2.45) is 0 Å². The molecule has 0 atom stereocenters. The summed E-state index contributed by atoms with van der Waals surface area (Å²) in [5.74, 6) is 0. The van der Waals surface area contributed by atoms with Crippen LogP contribution in [-0.2, 0) is 6.54 Å². The number of rotatable bonds is 5. The van der Waals surface area contributed by atoms with Gasteiger partial charge in [0.25, 0.3) is 0 Å². The monoisotopic (exact) mass is 344 g/mol. The Morgan fingerprint density at radius 1 is 1.44 bits per heavy atom. The highest BCUT2D eigenvalue weighted by Crippen LogP contribution is 2.32. The SMILES string of the molecule is CCCNCc1csc(-c2ccc(Cl)cc2Br)n1. The summed E-state index contributed by atoms with van der Waals surface area (Å²) < 4.78 is 0.984. The van der Waals surface area contributed by atoms with E-state index in [1.54, 1.807) is 11.3 Å². The zero-order valence-corrected chi connectivity index (χ0v) is 13.2. The molecule has 0 radical (unpaired) electrons. The first-order valence-electron chi connectivity index (χ1n) is 5.81.